The minimum atomic E-state index is -0.323. The van der Waals surface area contributed by atoms with E-state index >= 15 is 0 Å². The zero-order chi connectivity index (χ0) is 22.1. The average Bonchev–Trinajstić information content (AvgIpc) is 3.20. The van der Waals surface area contributed by atoms with Crippen molar-refractivity contribution in [3.05, 3.63) is 87.5 Å². The number of hydrogen-bond acceptors (Lipinski definition) is 4. The van der Waals surface area contributed by atoms with E-state index in [4.69, 9.17) is 0 Å². The first-order chi connectivity index (χ1) is 14.8. The summed E-state index contributed by atoms with van der Waals surface area (Å²) in [6.45, 7) is 3.76. The summed E-state index contributed by atoms with van der Waals surface area (Å²) in [6.07, 6.45) is 1.42. The number of carbonyl (C=O) groups excluding carboxylic acids is 1. The van der Waals surface area contributed by atoms with Gasteiger partial charge in [0.1, 0.15) is 17.2 Å². The number of halogens is 1. The standard InChI is InChI=1S/C24H22FN3O2S/c1-15-4-6-18(7-5-15)20-13-31-23-22(20)24(30)28(14-26-23)12-21(29)27(3)16(2)17-8-10-19(25)11-9-17/h4-11,13-14,16H,12H2,1-3H3. The molecule has 1 atom stereocenters. The van der Waals surface area contributed by atoms with Crippen LogP contribution in [0.1, 0.15) is 24.1 Å². The number of hydrogen-bond donors (Lipinski definition) is 0. The van der Waals surface area contributed by atoms with Crippen molar-refractivity contribution in [3.63, 3.8) is 0 Å². The number of aryl methyl sites for hydroxylation is 1. The van der Waals surface area contributed by atoms with Gasteiger partial charge >= 0.3 is 0 Å². The van der Waals surface area contributed by atoms with Gasteiger partial charge in [0, 0.05) is 18.0 Å². The molecule has 0 fully saturated rings. The third kappa shape index (κ3) is 4.14. The number of fused-ring (bicyclic) bond motifs is 1. The lowest BCUT2D eigenvalue weighted by atomic mass is 10.1. The first-order valence-electron chi connectivity index (χ1n) is 9.90. The van der Waals surface area contributed by atoms with Crippen molar-refractivity contribution < 1.29 is 9.18 Å². The van der Waals surface area contributed by atoms with Crippen molar-refractivity contribution in [3.8, 4) is 11.1 Å². The molecule has 31 heavy (non-hydrogen) atoms. The highest BCUT2D eigenvalue weighted by atomic mass is 32.1. The summed E-state index contributed by atoms with van der Waals surface area (Å²) in [6, 6.07) is 13.8. The van der Waals surface area contributed by atoms with Crippen LogP contribution in [-0.2, 0) is 11.3 Å². The highest BCUT2D eigenvalue weighted by molar-refractivity contribution is 7.17. The maximum Gasteiger partial charge on any atom is 0.263 e. The van der Waals surface area contributed by atoms with Gasteiger partial charge in [-0.25, -0.2) is 9.37 Å². The molecule has 0 saturated heterocycles. The fourth-order valence-corrected chi connectivity index (χ4v) is 4.37. The monoisotopic (exact) mass is 435 g/mol. The fourth-order valence-electron chi connectivity index (χ4n) is 3.46. The van der Waals surface area contributed by atoms with Crippen LogP contribution < -0.4 is 5.56 Å². The number of thiophene rings is 1. The summed E-state index contributed by atoms with van der Waals surface area (Å²) >= 11 is 1.41. The molecule has 2 aromatic heterocycles. The minimum Gasteiger partial charge on any atom is -0.337 e. The number of likely N-dealkylation sites (N-methyl/N-ethyl adjacent to an activating group) is 1. The van der Waals surface area contributed by atoms with Gasteiger partial charge in [0.15, 0.2) is 0 Å². The summed E-state index contributed by atoms with van der Waals surface area (Å²) in [7, 11) is 1.68. The molecule has 4 aromatic rings. The van der Waals surface area contributed by atoms with E-state index in [1.165, 1.54) is 34.4 Å². The third-order valence-corrected chi connectivity index (χ3v) is 6.44. The van der Waals surface area contributed by atoms with Gasteiger partial charge in [0.25, 0.3) is 5.56 Å². The van der Waals surface area contributed by atoms with Crippen LogP contribution in [-0.4, -0.2) is 27.4 Å². The minimum absolute atomic E-state index is 0.118. The van der Waals surface area contributed by atoms with Crippen LogP contribution in [0.5, 0.6) is 0 Å². The van der Waals surface area contributed by atoms with Crippen molar-refractivity contribution in [2.24, 2.45) is 0 Å². The molecule has 2 heterocycles. The molecule has 7 heteroatoms. The first-order valence-corrected chi connectivity index (χ1v) is 10.8. The van der Waals surface area contributed by atoms with Crippen LogP contribution in [0.2, 0.25) is 0 Å². The number of rotatable bonds is 5. The van der Waals surface area contributed by atoms with Crippen LogP contribution in [0, 0.1) is 12.7 Å². The molecule has 0 saturated carbocycles. The SMILES string of the molecule is Cc1ccc(-c2csc3ncn(CC(=O)N(C)C(C)c4ccc(F)cc4)c(=O)c23)cc1. The Kier molecular flexibility index (Phi) is 5.69. The second-order valence-corrected chi connectivity index (χ2v) is 8.46. The van der Waals surface area contributed by atoms with E-state index in [2.05, 4.69) is 4.98 Å². The van der Waals surface area contributed by atoms with Crippen LogP contribution in [0.3, 0.4) is 0 Å². The Labute approximate surface area is 183 Å². The zero-order valence-electron chi connectivity index (χ0n) is 17.5. The van der Waals surface area contributed by atoms with Gasteiger partial charge in [-0.05, 0) is 37.1 Å². The van der Waals surface area contributed by atoms with Gasteiger partial charge in [-0.15, -0.1) is 11.3 Å². The Morgan fingerprint density at radius 3 is 2.52 bits per heavy atom. The Bertz CT molecular complexity index is 1290. The number of nitrogens with zero attached hydrogens (tertiary/aromatic N) is 3. The fraction of sp³-hybridized carbons (Fsp3) is 0.208. The summed E-state index contributed by atoms with van der Waals surface area (Å²) in [5, 5.41) is 2.46. The van der Waals surface area contributed by atoms with E-state index in [0.717, 1.165) is 22.3 Å². The molecule has 158 valence electrons. The number of aromatic nitrogens is 2. The smallest absolute Gasteiger partial charge is 0.263 e. The molecule has 5 nitrogen and oxygen atoms in total. The number of benzene rings is 2. The summed E-state index contributed by atoms with van der Waals surface area (Å²) in [4.78, 5) is 32.7. The number of carbonyl (C=O) groups is 1. The lowest BCUT2D eigenvalue weighted by Crippen LogP contribution is -2.35. The van der Waals surface area contributed by atoms with Gasteiger partial charge in [-0.3, -0.25) is 14.2 Å². The van der Waals surface area contributed by atoms with E-state index in [1.54, 1.807) is 24.1 Å². The van der Waals surface area contributed by atoms with E-state index < -0.39 is 0 Å². The van der Waals surface area contributed by atoms with E-state index in [1.807, 2.05) is 43.5 Å². The molecule has 4 rings (SSSR count). The van der Waals surface area contributed by atoms with Gasteiger partial charge in [0.05, 0.1) is 17.8 Å². The first kappa shape index (κ1) is 20.9. The summed E-state index contributed by atoms with van der Waals surface area (Å²) < 4.78 is 14.5. The molecule has 2 aromatic carbocycles. The van der Waals surface area contributed by atoms with Gasteiger partial charge in [-0.1, -0.05) is 42.0 Å². The Balaban J connectivity index is 1.62. The van der Waals surface area contributed by atoms with Crippen LogP contribution in [0.4, 0.5) is 4.39 Å². The molecule has 0 spiro atoms. The average molecular weight is 436 g/mol. The quantitative estimate of drug-likeness (QED) is 0.453. The maximum atomic E-state index is 13.2. The van der Waals surface area contributed by atoms with Gasteiger partial charge in [0.2, 0.25) is 5.91 Å². The van der Waals surface area contributed by atoms with Crippen LogP contribution in [0.15, 0.2) is 65.0 Å². The van der Waals surface area contributed by atoms with Crippen molar-refractivity contribution in [1.82, 2.24) is 14.5 Å². The largest absolute Gasteiger partial charge is 0.337 e. The van der Waals surface area contributed by atoms with E-state index in [-0.39, 0.29) is 29.9 Å². The lowest BCUT2D eigenvalue weighted by Gasteiger charge is -2.25. The molecule has 0 bridgehead atoms. The Morgan fingerprint density at radius 1 is 1.16 bits per heavy atom. The molecule has 1 amide bonds. The summed E-state index contributed by atoms with van der Waals surface area (Å²) in [5.41, 5.74) is 3.49. The second kappa shape index (κ2) is 8.43. The molecule has 1 unspecified atom stereocenters. The van der Waals surface area contributed by atoms with Crippen LogP contribution >= 0.6 is 11.3 Å². The molecular weight excluding hydrogens is 413 g/mol. The lowest BCUT2D eigenvalue weighted by molar-refractivity contribution is -0.132. The van der Waals surface area contributed by atoms with Crippen molar-refractivity contribution in [2.75, 3.05) is 7.05 Å². The highest BCUT2D eigenvalue weighted by Gasteiger charge is 2.20. The molecule has 0 radical (unpaired) electrons. The Morgan fingerprint density at radius 2 is 1.84 bits per heavy atom. The maximum absolute atomic E-state index is 13.2. The zero-order valence-corrected chi connectivity index (χ0v) is 18.3. The number of amides is 1. The van der Waals surface area contributed by atoms with Crippen molar-refractivity contribution >= 4 is 27.5 Å². The highest BCUT2D eigenvalue weighted by Crippen LogP contribution is 2.30. The molecule has 0 N–H and O–H groups in total. The summed E-state index contributed by atoms with van der Waals surface area (Å²) in [5.74, 6) is -0.553. The molecule has 0 aliphatic rings. The second-order valence-electron chi connectivity index (χ2n) is 7.61. The van der Waals surface area contributed by atoms with Crippen molar-refractivity contribution in [2.45, 2.75) is 26.4 Å². The predicted molar refractivity (Wildman–Crippen MR) is 122 cm³/mol. The van der Waals surface area contributed by atoms with Gasteiger partial charge < -0.3 is 4.90 Å². The third-order valence-electron chi connectivity index (χ3n) is 5.56. The topological polar surface area (TPSA) is 55.2 Å². The van der Waals surface area contributed by atoms with Crippen LogP contribution in [0.25, 0.3) is 21.3 Å². The predicted octanol–water partition coefficient (Wildman–Crippen LogP) is 4.79. The normalized spacial score (nSPS) is 12.1. The molecule has 0 aliphatic heterocycles. The van der Waals surface area contributed by atoms with Crippen molar-refractivity contribution in [1.29, 1.82) is 0 Å². The van der Waals surface area contributed by atoms with E-state index in [9.17, 15) is 14.0 Å². The van der Waals surface area contributed by atoms with Gasteiger partial charge in [-0.2, -0.15) is 0 Å². The molecule has 0 aliphatic carbocycles. The van der Waals surface area contributed by atoms with E-state index in [0.29, 0.717) is 10.2 Å². The molecular formula is C24H22FN3O2S. The Hall–Kier alpha value is -3.32.